The Labute approximate surface area is 345 Å². The van der Waals surface area contributed by atoms with E-state index < -0.39 is 41.4 Å². The van der Waals surface area contributed by atoms with Gasteiger partial charge in [0.05, 0.1) is 46.9 Å². The van der Waals surface area contributed by atoms with Gasteiger partial charge >= 0.3 is 6.09 Å². The Morgan fingerprint density at radius 2 is 1.69 bits per heavy atom. The number of nitrogens with one attached hydrogen (secondary N) is 1. The number of carbonyl (C=O) groups excluding carboxylic acids is 4. The van der Waals surface area contributed by atoms with Crippen LogP contribution in [0.1, 0.15) is 72.4 Å². The number of unbranched alkanes of at least 4 members (excludes halogenated alkanes) is 1. The number of carbonyl (C=O) groups is 4. The average molecular weight is 834 g/mol. The first-order valence-corrected chi connectivity index (χ1v) is 19.6. The quantitative estimate of drug-likeness (QED) is 0.200. The van der Waals surface area contributed by atoms with Crippen LogP contribution in [0.25, 0.3) is 22.4 Å². The molecule has 0 bridgehead atoms. The topological polar surface area (TPSA) is 179 Å². The zero-order chi connectivity index (χ0) is 42.9. The first kappa shape index (κ1) is 42.7. The van der Waals surface area contributed by atoms with Crippen molar-refractivity contribution in [1.29, 1.82) is 5.26 Å². The molecule has 18 heteroatoms. The summed E-state index contributed by atoms with van der Waals surface area (Å²) in [5.41, 5.74) is 1.38. The number of hydrogen-bond donors (Lipinski definition) is 2. The Morgan fingerprint density at radius 1 is 1.03 bits per heavy atom. The molecule has 2 fully saturated rings. The Bertz CT molecular complexity index is 2340. The van der Waals surface area contributed by atoms with Gasteiger partial charge in [-0.1, -0.05) is 17.7 Å². The molecule has 2 aliphatic rings. The number of benzene rings is 2. The van der Waals surface area contributed by atoms with Gasteiger partial charge in [-0.05, 0) is 65.3 Å². The summed E-state index contributed by atoms with van der Waals surface area (Å²) in [4.78, 5) is 61.6. The van der Waals surface area contributed by atoms with E-state index in [0.29, 0.717) is 36.3 Å². The van der Waals surface area contributed by atoms with Crippen molar-refractivity contribution in [1.82, 2.24) is 34.0 Å². The highest BCUT2D eigenvalue weighted by Gasteiger charge is 2.43. The lowest BCUT2D eigenvalue weighted by atomic mass is 10.00. The van der Waals surface area contributed by atoms with Gasteiger partial charge in [-0.3, -0.25) is 24.0 Å². The Balaban J connectivity index is 1.09. The van der Waals surface area contributed by atoms with Crippen molar-refractivity contribution < 1.29 is 37.8 Å². The molecule has 15 nitrogen and oxygen atoms in total. The molecule has 0 spiro atoms. The number of likely N-dealkylation sites (tertiary alicyclic amines) is 1. The molecule has 0 aliphatic carbocycles. The van der Waals surface area contributed by atoms with E-state index in [0.717, 1.165) is 0 Å². The minimum Gasteiger partial charge on any atom is -0.444 e. The number of ether oxygens (including phenoxy) is 1. The fourth-order valence-corrected chi connectivity index (χ4v) is 7.72. The monoisotopic (exact) mass is 833 g/mol. The average Bonchev–Trinajstić information content (AvgIpc) is 3.85. The van der Waals surface area contributed by atoms with E-state index in [4.69, 9.17) is 21.6 Å². The Kier molecular flexibility index (Phi) is 12.4. The molecular weight excluding hydrogens is 788 g/mol. The smallest absolute Gasteiger partial charge is 0.411 e. The number of aliphatic hydroxyl groups excluding tert-OH is 1. The number of hydrogen-bond acceptors (Lipinski definition) is 9. The molecule has 312 valence electrons. The predicted molar refractivity (Wildman–Crippen MR) is 213 cm³/mol. The molecule has 0 saturated carbocycles. The maximum Gasteiger partial charge on any atom is 0.411 e. The number of β-amino-alcohol motifs (C(OH)–C–C–N with tert-alkyl or cyclic N) is 1. The third kappa shape index (κ3) is 8.93. The van der Waals surface area contributed by atoms with Crippen LogP contribution >= 0.6 is 11.6 Å². The van der Waals surface area contributed by atoms with Crippen molar-refractivity contribution in [3.63, 3.8) is 0 Å². The van der Waals surface area contributed by atoms with E-state index >= 15 is 8.78 Å². The highest BCUT2D eigenvalue weighted by atomic mass is 35.5. The van der Waals surface area contributed by atoms with Crippen molar-refractivity contribution in [2.24, 2.45) is 7.05 Å². The van der Waals surface area contributed by atoms with Gasteiger partial charge in [0.1, 0.15) is 11.6 Å². The highest BCUT2D eigenvalue weighted by Crippen LogP contribution is 2.35. The van der Waals surface area contributed by atoms with Crippen molar-refractivity contribution >= 4 is 41.1 Å². The van der Waals surface area contributed by atoms with Gasteiger partial charge in [-0.2, -0.15) is 10.4 Å². The van der Waals surface area contributed by atoms with Crippen LogP contribution in [-0.2, 0) is 23.1 Å². The van der Waals surface area contributed by atoms with Crippen LogP contribution in [0.4, 0.5) is 19.3 Å². The highest BCUT2D eigenvalue weighted by molar-refractivity contribution is 6.34. The van der Waals surface area contributed by atoms with E-state index in [2.05, 4.69) is 21.5 Å². The van der Waals surface area contributed by atoms with Gasteiger partial charge in [0.15, 0.2) is 17.5 Å². The van der Waals surface area contributed by atoms with E-state index in [9.17, 15) is 24.3 Å². The molecule has 4 heterocycles. The van der Waals surface area contributed by atoms with Crippen LogP contribution in [0.5, 0.6) is 0 Å². The minimum atomic E-state index is -1.12. The van der Waals surface area contributed by atoms with Crippen LogP contribution < -0.4 is 5.32 Å². The summed E-state index contributed by atoms with van der Waals surface area (Å²) in [6, 6.07) is 8.48. The fraction of sp³-hybridized carbons (Fsp3) is 0.439. The number of piperazine rings is 1. The SMILES string of the molecule is Cc1nn(CCCC#N)c(C)c1-c1ccc(-c2cnc(C(=O)Nc3ccc(C(=O)N4CCN(C(=O)C5CC(O)CN5C(=O)OC(C)(C)C)CC4)c(Cl)c3)n2C)c(F)c1F. The summed E-state index contributed by atoms with van der Waals surface area (Å²) < 4.78 is 39.9. The van der Waals surface area contributed by atoms with Crippen LogP contribution in [0, 0.1) is 36.8 Å². The molecule has 4 amide bonds. The molecule has 4 aromatic rings. The molecule has 2 atom stereocenters. The number of amides is 4. The second-order valence-corrected chi connectivity index (χ2v) is 16.1. The normalized spacial score (nSPS) is 16.9. The summed E-state index contributed by atoms with van der Waals surface area (Å²) in [6.45, 7) is 9.88. The van der Waals surface area contributed by atoms with E-state index in [-0.39, 0.29) is 89.9 Å². The molecule has 2 aliphatic heterocycles. The zero-order valence-electron chi connectivity index (χ0n) is 33.7. The molecule has 6 rings (SSSR count). The molecule has 0 radical (unpaired) electrons. The van der Waals surface area contributed by atoms with Gasteiger partial charge in [-0.15, -0.1) is 0 Å². The first-order chi connectivity index (χ1) is 27.9. The van der Waals surface area contributed by atoms with Crippen LogP contribution in [0.3, 0.4) is 0 Å². The number of imidazole rings is 1. The number of aliphatic hydroxyl groups is 1. The van der Waals surface area contributed by atoms with Crippen molar-refractivity contribution in [2.75, 3.05) is 38.0 Å². The number of rotatable bonds is 9. The zero-order valence-corrected chi connectivity index (χ0v) is 34.4. The van der Waals surface area contributed by atoms with E-state index in [1.807, 2.05) is 0 Å². The summed E-state index contributed by atoms with van der Waals surface area (Å²) in [5, 5.41) is 26.3. The standard InChI is InChI=1S/C41H46ClF2N9O6/c1-23-33(24(2)53(48-23)14-8-7-13-45)29-12-11-28(34(43)35(29)44)32-21-46-36(49(32)6)37(55)47-25-9-10-27(30(42)19-25)38(56)50-15-17-51(18-16-50)39(57)31-20-26(54)22-52(31)40(58)59-41(3,4)5/h9-12,19,21,26,31,54H,7-8,14-18,20,22H2,1-6H3,(H,47,55). The van der Waals surface area contributed by atoms with Crippen molar-refractivity contribution in [3.8, 4) is 28.5 Å². The summed E-state index contributed by atoms with van der Waals surface area (Å²) >= 11 is 6.55. The molecular formula is C41H46ClF2N9O6. The third-order valence-corrected chi connectivity index (χ3v) is 10.7. The molecule has 2 aromatic heterocycles. The lowest BCUT2D eigenvalue weighted by molar-refractivity contribution is -0.137. The summed E-state index contributed by atoms with van der Waals surface area (Å²) in [7, 11) is 1.50. The predicted octanol–water partition coefficient (Wildman–Crippen LogP) is 5.71. The van der Waals surface area contributed by atoms with Gasteiger partial charge in [0, 0.05) is 80.7 Å². The van der Waals surface area contributed by atoms with E-state index in [1.165, 1.54) is 53.0 Å². The van der Waals surface area contributed by atoms with Crippen LogP contribution in [0.15, 0.2) is 36.5 Å². The minimum absolute atomic E-state index is 0.0148. The number of anilines is 1. The second-order valence-electron chi connectivity index (χ2n) is 15.6. The van der Waals surface area contributed by atoms with Crippen molar-refractivity contribution in [2.45, 2.75) is 78.2 Å². The van der Waals surface area contributed by atoms with Gasteiger partial charge in [0.2, 0.25) is 5.91 Å². The maximum atomic E-state index is 15.7. The number of nitriles is 1. The van der Waals surface area contributed by atoms with Gasteiger partial charge < -0.3 is 29.5 Å². The maximum absolute atomic E-state index is 15.7. The Morgan fingerprint density at radius 3 is 2.36 bits per heavy atom. The number of aryl methyl sites for hydroxylation is 2. The van der Waals surface area contributed by atoms with Crippen LogP contribution in [0.2, 0.25) is 5.02 Å². The lowest BCUT2D eigenvalue weighted by Gasteiger charge is -2.37. The summed E-state index contributed by atoms with van der Waals surface area (Å²) in [6.07, 6.45) is 0.738. The lowest BCUT2D eigenvalue weighted by Crippen LogP contribution is -2.55. The molecule has 2 aromatic carbocycles. The second kappa shape index (κ2) is 17.2. The van der Waals surface area contributed by atoms with E-state index in [1.54, 1.807) is 49.1 Å². The fourth-order valence-electron chi connectivity index (χ4n) is 7.46. The van der Waals surface area contributed by atoms with Gasteiger partial charge in [-0.25, -0.2) is 18.6 Å². The number of halogens is 3. The molecule has 2 unspecified atom stereocenters. The molecule has 59 heavy (non-hydrogen) atoms. The first-order valence-electron chi connectivity index (χ1n) is 19.2. The largest absolute Gasteiger partial charge is 0.444 e. The van der Waals surface area contributed by atoms with Crippen molar-refractivity contribution in [3.05, 3.63) is 76.0 Å². The number of nitrogens with zero attached hydrogens (tertiary/aromatic N) is 8. The molecule has 2 N–H and O–H groups in total. The van der Waals surface area contributed by atoms with Crippen LogP contribution in [-0.4, -0.2) is 113 Å². The summed E-state index contributed by atoms with van der Waals surface area (Å²) in [5.74, 6) is -3.67. The molecule has 2 saturated heterocycles. The third-order valence-electron chi connectivity index (χ3n) is 10.4. The Hall–Kier alpha value is -5.86. The number of aromatic nitrogens is 4. The van der Waals surface area contributed by atoms with Gasteiger partial charge in [0.25, 0.3) is 11.8 Å².